The number of nitrogens with one attached hydrogen (secondary N) is 3. The van der Waals surface area contributed by atoms with Gasteiger partial charge in [-0.2, -0.15) is 5.26 Å². The van der Waals surface area contributed by atoms with Crippen LogP contribution in [-0.4, -0.2) is 73.5 Å². The minimum absolute atomic E-state index is 0.0125. The molecule has 4 amide bonds. The third-order valence-corrected chi connectivity index (χ3v) is 5.86. The van der Waals surface area contributed by atoms with Gasteiger partial charge < -0.3 is 30.7 Å². The normalized spacial score (nSPS) is 11.4. The number of amides is 4. The van der Waals surface area contributed by atoms with Crippen LogP contribution in [0.5, 0.6) is 5.75 Å². The van der Waals surface area contributed by atoms with Crippen molar-refractivity contribution >= 4 is 23.6 Å². The van der Waals surface area contributed by atoms with E-state index in [1.54, 1.807) is 67.1 Å². The first-order valence-corrected chi connectivity index (χ1v) is 14.0. The van der Waals surface area contributed by atoms with Crippen molar-refractivity contribution < 1.29 is 33.4 Å². The van der Waals surface area contributed by atoms with Gasteiger partial charge in [-0.1, -0.05) is 51.6 Å². The second kappa shape index (κ2) is 19.5. The van der Waals surface area contributed by atoms with E-state index >= 15 is 0 Å². The van der Waals surface area contributed by atoms with Gasteiger partial charge in [-0.3, -0.25) is 19.2 Å². The fraction of sp³-hybridized carbons (Fsp3) is 0.424. The van der Waals surface area contributed by atoms with Gasteiger partial charge in [-0.15, -0.1) is 0 Å². The van der Waals surface area contributed by atoms with Crippen molar-refractivity contribution in [2.45, 2.75) is 60.2 Å². The molecule has 2 atom stereocenters. The summed E-state index contributed by atoms with van der Waals surface area (Å²) in [6.45, 7) is 13.1. The Morgan fingerprint density at radius 3 is 2.09 bits per heavy atom. The third kappa shape index (κ3) is 16.0. The van der Waals surface area contributed by atoms with Crippen molar-refractivity contribution in [1.82, 2.24) is 20.9 Å². The Balaban J connectivity index is 0.000000868. The van der Waals surface area contributed by atoms with Crippen LogP contribution in [0, 0.1) is 36.4 Å². The number of carbonyl (C=O) groups is 4. The zero-order valence-corrected chi connectivity index (χ0v) is 27.6. The van der Waals surface area contributed by atoms with Gasteiger partial charge in [0.1, 0.15) is 29.3 Å². The van der Waals surface area contributed by atoms with Crippen LogP contribution in [0.15, 0.2) is 54.6 Å². The molecule has 0 fully saturated rings. The van der Waals surface area contributed by atoms with Gasteiger partial charge in [-0.25, -0.2) is 4.39 Å². The molecule has 0 radical (unpaired) electrons. The maximum Gasteiger partial charge on any atom is 0.263 e. The summed E-state index contributed by atoms with van der Waals surface area (Å²) < 4.78 is 18.7. The van der Waals surface area contributed by atoms with Gasteiger partial charge in [0.15, 0.2) is 0 Å². The summed E-state index contributed by atoms with van der Waals surface area (Å²) >= 11 is 0. The van der Waals surface area contributed by atoms with E-state index in [-0.39, 0.29) is 24.6 Å². The predicted molar refractivity (Wildman–Crippen MR) is 170 cm³/mol. The Morgan fingerprint density at radius 2 is 1.67 bits per heavy atom. The number of hydrogen-bond acceptors (Lipinski definition) is 7. The number of benzene rings is 2. The zero-order valence-electron chi connectivity index (χ0n) is 27.6. The van der Waals surface area contributed by atoms with E-state index in [4.69, 9.17) is 10.00 Å². The third-order valence-electron chi connectivity index (χ3n) is 5.86. The van der Waals surface area contributed by atoms with E-state index in [0.29, 0.717) is 5.56 Å². The van der Waals surface area contributed by atoms with Crippen LogP contribution in [-0.2, 0) is 25.7 Å². The van der Waals surface area contributed by atoms with Crippen LogP contribution in [0.1, 0.15) is 44.4 Å². The lowest BCUT2D eigenvalue weighted by molar-refractivity contribution is -0.136. The van der Waals surface area contributed by atoms with Gasteiger partial charge in [0.05, 0.1) is 19.8 Å². The second-order valence-electron chi connectivity index (χ2n) is 11.3. The van der Waals surface area contributed by atoms with E-state index < -0.39 is 41.1 Å². The smallest absolute Gasteiger partial charge is 0.263 e. The standard InChI is InChI=1S/C19H28FN3O4.C8H10O.C6H8N2O/c1-11-6-7-13(14(20)8-11)9-21-15(25)10-22-17(26)16(12(2)24)23-18(27)19(3,4)5;1-7-4-3-5-8(6-7)9-2;1-5(4-7)6(9)8(2)3/h6-8,12,16,24H,9-10H2,1-5H3,(H,21,25)(H,22,26)(H,23,27);3-6H,1-2H3;1H2,2-3H3. The molecule has 12 heteroatoms. The van der Waals surface area contributed by atoms with Crippen molar-refractivity contribution in [2.75, 3.05) is 27.7 Å². The highest BCUT2D eigenvalue weighted by Gasteiger charge is 2.30. The van der Waals surface area contributed by atoms with E-state index in [2.05, 4.69) is 22.5 Å². The van der Waals surface area contributed by atoms with Crippen LogP contribution in [0.2, 0.25) is 0 Å². The molecule has 0 spiro atoms. The number of ether oxygens (including phenoxy) is 1. The lowest BCUT2D eigenvalue weighted by atomic mass is 9.95. The summed E-state index contributed by atoms with van der Waals surface area (Å²) in [4.78, 5) is 48.1. The highest BCUT2D eigenvalue weighted by atomic mass is 19.1. The van der Waals surface area contributed by atoms with E-state index in [1.165, 1.54) is 23.5 Å². The van der Waals surface area contributed by atoms with Crippen LogP contribution >= 0.6 is 0 Å². The van der Waals surface area contributed by atoms with Crippen LogP contribution in [0.25, 0.3) is 0 Å². The topological polar surface area (TPSA) is 161 Å². The van der Waals surface area contributed by atoms with E-state index in [1.807, 2.05) is 31.2 Å². The lowest BCUT2D eigenvalue weighted by Crippen LogP contribution is -2.55. The molecule has 11 nitrogen and oxygen atoms in total. The predicted octanol–water partition coefficient (Wildman–Crippen LogP) is 2.94. The molecule has 0 aliphatic rings. The lowest BCUT2D eigenvalue weighted by Gasteiger charge is -2.25. The number of methoxy groups -OCH3 is 1. The number of aliphatic hydroxyl groups is 1. The molecule has 0 aliphatic heterocycles. The first kappa shape index (κ1) is 40.2. The molecule has 2 unspecified atom stereocenters. The molecule has 45 heavy (non-hydrogen) atoms. The fourth-order valence-electron chi connectivity index (χ4n) is 3.15. The first-order chi connectivity index (χ1) is 20.8. The van der Waals surface area contributed by atoms with E-state index in [0.717, 1.165) is 11.3 Å². The number of aryl methyl sites for hydroxylation is 2. The molecule has 0 aliphatic carbocycles. The number of aliphatic hydroxyl groups excluding tert-OH is 1. The number of nitriles is 1. The largest absolute Gasteiger partial charge is 0.497 e. The average molecular weight is 628 g/mol. The SMILES string of the molecule is C=C(C#N)C(=O)N(C)C.COc1cccc(C)c1.Cc1ccc(CNC(=O)CNC(=O)C(NC(=O)C(C)(C)C)C(C)O)c(F)c1. The van der Waals surface area contributed by atoms with Gasteiger partial charge in [-0.05, 0) is 50.1 Å². The second-order valence-corrected chi connectivity index (χ2v) is 11.3. The number of nitrogens with zero attached hydrogens (tertiary/aromatic N) is 2. The molecule has 2 aromatic carbocycles. The highest BCUT2D eigenvalue weighted by Crippen LogP contribution is 2.14. The highest BCUT2D eigenvalue weighted by molar-refractivity contribution is 5.96. The zero-order chi connectivity index (χ0) is 34.9. The van der Waals surface area contributed by atoms with Crippen molar-refractivity contribution in [3.8, 4) is 11.8 Å². The Morgan fingerprint density at radius 1 is 1.07 bits per heavy atom. The summed E-state index contributed by atoms with van der Waals surface area (Å²) in [5.74, 6) is -1.43. The van der Waals surface area contributed by atoms with Crippen LogP contribution in [0.4, 0.5) is 4.39 Å². The summed E-state index contributed by atoms with van der Waals surface area (Å²) in [7, 11) is 4.82. The first-order valence-electron chi connectivity index (χ1n) is 14.0. The molecule has 0 aromatic heterocycles. The van der Waals surface area contributed by atoms with Crippen molar-refractivity contribution in [3.63, 3.8) is 0 Å². The molecule has 4 N–H and O–H groups in total. The average Bonchev–Trinajstić information content (AvgIpc) is 2.97. The minimum Gasteiger partial charge on any atom is -0.497 e. The van der Waals surface area contributed by atoms with Crippen molar-refractivity contribution in [3.05, 3.63) is 77.1 Å². The summed E-state index contributed by atoms with van der Waals surface area (Å²) in [5.41, 5.74) is 1.58. The maximum absolute atomic E-state index is 13.7. The summed E-state index contributed by atoms with van der Waals surface area (Å²) in [5, 5.41) is 25.2. The summed E-state index contributed by atoms with van der Waals surface area (Å²) in [6.07, 6.45) is -1.14. The Kier molecular flexibility index (Phi) is 17.4. The van der Waals surface area contributed by atoms with E-state index in [9.17, 15) is 28.7 Å². The molecule has 246 valence electrons. The molecule has 0 heterocycles. The Labute approximate surface area is 265 Å². The van der Waals surface area contributed by atoms with Crippen LogP contribution < -0.4 is 20.7 Å². The van der Waals surface area contributed by atoms with Gasteiger partial charge >= 0.3 is 0 Å². The molecule has 0 saturated carbocycles. The number of rotatable bonds is 9. The summed E-state index contributed by atoms with van der Waals surface area (Å²) in [6, 6.07) is 13.1. The molecular formula is C33H46FN5O6. The number of carbonyl (C=O) groups excluding carboxylic acids is 4. The molecule has 0 bridgehead atoms. The monoisotopic (exact) mass is 627 g/mol. The fourth-order valence-corrected chi connectivity index (χ4v) is 3.15. The quantitative estimate of drug-likeness (QED) is 0.246. The van der Waals surface area contributed by atoms with Crippen molar-refractivity contribution in [2.24, 2.45) is 5.41 Å². The number of hydrogen-bond donors (Lipinski definition) is 4. The van der Waals surface area contributed by atoms with Gasteiger partial charge in [0, 0.05) is 31.6 Å². The molecule has 2 rings (SSSR count). The molecule has 0 saturated heterocycles. The molecular weight excluding hydrogens is 581 g/mol. The van der Waals surface area contributed by atoms with Crippen LogP contribution in [0.3, 0.4) is 0 Å². The maximum atomic E-state index is 13.7. The van der Waals surface area contributed by atoms with Gasteiger partial charge in [0.25, 0.3) is 5.91 Å². The number of halogens is 1. The Bertz CT molecular complexity index is 1360. The Hall–Kier alpha value is -4.76. The van der Waals surface area contributed by atoms with Gasteiger partial charge in [0.2, 0.25) is 17.7 Å². The number of likely N-dealkylation sites (N-methyl/N-ethyl adjacent to an activating group) is 1. The minimum atomic E-state index is -1.18. The molecule has 2 aromatic rings. The van der Waals surface area contributed by atoms with Crippen molar-refractivity contribution in [1.29, 1.82) is 5.26 Å².